The smallest absolute Gasteiger partial charge is 0.254 e. The Bertz CT molecular complexity index is 771. The number of phenolic OH excluding ortho intramolecular Hbond substituents is 1. The predicted molar refractivity (Wildman–Crippen MR) is 74.0 cm³/mol. The summed E-state index contributed by atoms with van der Waals surface area (Å²) in [5, 5.41) is 10.3. The molecule has 0 aliphatic carbocycles. The predicted octanol–water partition coefficient (Wildman–Crippen LogP) is 1.45. The summed E-state index contributed by atoms with van der Waals surface area (Å²) in [5.74, 6) is -1.67. The standard InChI is InChI=1S/C14H12N2O4/c1-3-11(19)16-7(2)13(15)12-9(16)5-4-8(14(12)20)10(18)6-17/h3-6,20H,1,15H2,2H3. The van der Waals surface area contributed by atoms with Gasteiger partial charge >= 0.3 is 0 Å². The van der Waals surface area contributed by atoms with E-state index in [9.17, 15) is 19.5 Å². The molecule has 0 atom stereocenters. The quantitative estimate of drug-likeness (QED) is 0.381. The van der Waals surface area contributed by atoms with Gasteiger partial charge in [-0.2, -0.15) is 0 Å². The van der Waals surface area contributed by atoms with Crippen molar-refractivity contribution < 1.29 is 19.5 Å². The van der Waals surface area contributed by atoms with E-state index in [4.69, 9.17) is 5.73 Å². The first kappa shape index (κ1) is 13.5. The Hall–Kier alpha value is -2.89. The van der Waals surface area contributed by atoms with Crippen LogP contribution in [0.25, 0.3) is 10.9 Å². The zero-order valence-electron chi connectivity index (χ0n) is 10.7. The van der Waals surface area contributed by atoms with Crippen molar-refractivity contribution in [2.24, 2.45) is 0 Å². The number of aromatic hydroxyl groups is 1. The van der Waals surface area contributed by atoms with E-state index in [2.05, 4.69) is 6.58 Å². The fourth-order valence-corrected chi connectivity index (χ4v) is 2.15. The largest absolute Gasteiger partial charge is 0.506 e. The first-order chi connectivity index (χ1) is 9.43. The lowest BCUT2D eigenvalue weighted by molar-refractivity contribution is -0.104. The van der Waals surface area contributed by atoms with Crippen LogP contribution in [0.15, 0.2) is 24.8 Å². The summed E-state index contributed by atoms with van der Waals surface area (Å²) in [7, 11) is 0. The number of aromatic nitrogens is 1. The number of aldehydes is 1. The summed E-state index contributed by atoms with van der Waals surface area (Å²) in [6, 6.07) is 2.73. The molecule has 0 saturated heterocycles. The number of carbonyl (C=O) groups excluding carboxylic acids is 3. The van der Waals surface area contributed by atoms with Crippen molar-refractivity contribution in [2.75, 3.05) is 5.73 Å². The van der Waals surface area contributed by atoms with Crippen molar-refractivity contribution in [2.45, 2.75) is 6.92 Å². The molecule has 0 radical (unpaired) electrons. The molecule has 0 aliphatic rings. The van der Waals surface area contributed by atoms with Gasteiger partial charge in [-0.05, 0) is 25.1 Å². The number of benzene rings is 1. The number of nitrogen functional groups attached to an aromatic ring is 1. The molecule has 2 rings (SSSR count). The molecule has 0 aliphatic heterocycles. The molecule has 0 spiro atoms. The second-order valence-electron chi connectivity index (χ2n) is 4.21. The maximum atomic E-state index is 11.8. The summed E-state index contributed by atoms with van der Waals surface area (Å²) < 4.78 is 1.28. The van der Waals surface area contributed by atoms with E-state index < -0.39 is 17.4 Å². The number of anilines is 1. The van der Waals surface area contributed by atoms with E-state index in [1.165, 1.54) is 16.7 Å². The number of rotatable bonds is 3. The highest BCUT2D eigenvalue weighted by atomic mass is 16.3. The fourth-order valence-electron chi connectivity index (χ4n) is 2.15. The minimum atomic E-state index is -0.857. The third-order valence-electron chi connectivity index (χ3n) is 3.16. The molecule has 1 aromatic heterocycles. The zero-order chi connectivity index (χ0) is 15.0. The van der Waals surface area contributed by atoms with E-state index in [-0.39, 0.29) is 22.9 Å². The van der Waals surface area contributed by atoms with Gasteiger partial charge in [-0.3, -0.25) is 19.0 Å². The van der Waals surface area contributed by atoms with Gasteiger partial charge in [0.1, 0.15) is 5.75 Å². The number of hydrogen-bond acceptors (Lipinski definition) is 5. The van der Waals surface area contributed by atoms with Crippen molar-refractivity contribution in [1.82, 2.24) is 4.57 Å². The highest BCUT2D eigenvalue weighted by Crippen LogP contribution is 2.37. The number of ketones is 1. The van der Waals surface area contributed by atoms with Crippen LogP contribution in [0, 0.1) is 6.92 Å². The number of nitrogens with two attached hydrogens (primary N) is 1. The van der Waals surface area contributed by atoms with Gasteiger partial charge in [0, 0.05) is 5.69 Å². The van der Waals surface area contributed by atoms with Crippen LogP contribution in [-0.2, 0) is 4.79 Å². The Morgan fingerprint density at radius 3 is 2.60 bits per heavy atom. The monoisotopic (exact) mass is 272 g/mol. The summed E-state index contributed by atoms with van der Waals surface area (Å²) in [4.78, 5) is 33.8. The van der Waals surface area contributed by atoms with E-state index in [0.29, 0.717) is 11.2 Å². The molecule has 1 heterocycles. The van der Waals surface area contributed by atoms with Gasteiger partial charge in [-0.25, -0.2) is 0 Å². The van der Waals surface area contributed by atoms with Gasteiger partial charge < -0.3 is 10.8 Å². The van der Waals surface area contributed by atoms with Gasteiger partial charge in [0.15, 0.2) is 6.29 Å². The summed E-state index contributed by atoms with van der Waals surface area (Å²) in [6.07, 6.45) is 1.23. The molecule has 2 aromatic rings. The molecule has 0 amide bonds. The molecule has 1 aromatic carbocycles. The first-order valence-corrected chi connectivity index (χ1v) is 5.72. The lowest BCUT2D eigenvalue weighted by Crippen LogP contribution is -2.09. The van der Waals surface area contributed by atoms with E-state index in [1.807, 2.05) is 0 Å². The Kier molecular flexibility index (Phi) is 3.15. The lowest BCUT2D eigenvalue weighted by atomic mass is 10.1. The Labute approximate surface area is 114 Å². The number of phenols is 1. The topological polar surface area (TPSA) is 102 Å². The number of hydrogen-bond donors (Lipinski definition) is 2. The normalized spacial score (nSPS) is 10.4. The van der Waals surface area contributed by atoms with Crippen LogP contribution < -0.4 is 5.73 Å². The van der Waals surface area contributed by atoms with Crippen LogP contribution in [0.5, 0.6) is 5.75 Å². The van der Waals surface area contributed by atoms with Crippen LogP contribution >= 0.6 is 0 Å². The van der Waals surface area contributed by atoms with Gasteiger partial charge in [0.05, 0.1) is 22.2 Å². The maximum absolute atomic E-state index is 11.8. The van der Waals surface area contributed by atoms with Crippen LogP contribution in [0.4, 0.5) is 5.69 Å². The Balaban J connectivity index is 2.91. The van der Waals surface area contributed by atoms with Gasteiger partial charge in [0.25, 0.3) is 5.91 Å². The average Bonchev–Trinajstić information content (AvgIpc) is 2.70. The zero-order valence-corrected chi connectivity index (χ0v) is 10.7. The molecule has 0 unspecified atom stereocenters. The molecule has 0 bridgehead atoms. The number of Topliss-reactive ketones (excluding diaryl/α,β-unsaturated/α-hetero) is 1. The second kappa shape index (κ2) is 4.65. The molecule has 20 heavy (non-hydrogen) atoms. The van der Waals surface area contributed by atoms with E-state index >= 15 is 0 Å². The number of fused-ring (bicyclic) bond motifs is 1. The molecule has 3 N–H and O–H groups in total. The second-order valence-corrected chi connectivity index (χ2v) is 4.21. The Morgan fingerprint density at radius 2 is 2.05 bits per heavy atom. The third-order valence-corrected chi connectivity index (χ3v) is 3.16. The number of allylic oxidation sites excluding steroid dienone is 1. The van der Waals surface area contributed by atoms with Crippen LogP contribution in [-0.4, -0.2) is 27.7 Å². The van der Waals surface area contributed by atoms with E-state index in [1.54, 1.807) is 6.92 Å². The minimum Gasteiger partial charge on any atom is -0.506 e. The summed E-state index contributed by atoms with van der Waals surface area (Å²) in [5.41, 5.74) is 6.68. The summed E-state index contributed by atoms with van der Waals surface area (Å²) >= 11 is 0. The summed E-state index contributed by atoms with van der Waals surface area (Å²) in [6.45, 7) is 5.01. The number of carbonyl (C=O) groups is 3. The van der Waals surface area contributed by atoms with Crippen LogP contribution in [0.1, 0.15) is 20.8 Å². The van der Waals surface area contributed by atoms with Crippen molar-refractivity contribution >= 4 is 34.6 Å². The highest BCUT2D eigenvalue weighted by Gasteiger charge is 2.21. The molecular formula is C14H12N2O4. The average molecular weight is 272 g/mol. The Morgan fingerprint density at radius 1 is 1.40 bits per heavy atom. The maximum Gasteiger partial charge on any atom is 0.254 e. The highest BCUT2D eigenvalue weighted by molar-refractivity contribution is 6.35. The van der Waals surface area contributed by atoms with Crippen molar-refractivity contribution in [3.05, 3.63) is 36.0 Å². The SMILES string of the molecule is C=CC(=O)n1c(C)c(N)c2c(O)c(C(=O)C=O)ccc21. The van der Waals surface area contributed by atoms with Crippen molar-refractivity contribution in [3.63, 3.8) is 0 Å². The van der Waals surface area contributed by atoms with E-state index in [0.717, 1.165) is 6.08 Å². The first-order valence-electron chi connectivity index (χ1n) is 5.72. The van der Waals surface area contributed by atoms with Crippen LogP contribution in [0.2, 0.25) is 0 Å². The van der Waals surface area contributed by atoms with Gasteiger partial charge in [-0.15, -0.1) is 0 Å². The van der Waals surface area contributed by atoms with Crippen molar-refractivity contribution in [1.29, 1.82) is 0 Å². The molecule has 0 fully saturated rings. The fraction of sp³-hybridized carbons (Fsp3) is 0.0714. The van der Waals surface area contributed by atoms with Gasteiger partial charge in [-0.1, -0.05) is 6.58 Å². The molecule has 6 nitrogen and oxygen atoms in total. The molecular weight excluding hydrogens is 260 g/mol. The van der Waals surface area contributed by atoms with Gasteiger partial charge in [0.2, 0.25) is 5.78 Å². The third kappa shape index (κ3) is 1.70. The van der Waals surface area contributed by atoms with Crippen LogP contribution in [0.3, 0.4) is 0 Å². The molecule has 6 heteroatoms. The molecule has 102 valence electrons. The molecule has 0 saturated carbocycles. The lowest BCUT2D eigenvalue weighted by Gasteiger charge is -2.04. The minimum absolute atomic E-state index is 0.107. The number of nitrogens with zero attached hydrogens (tertiary/aromatic N) is 1. The van der Waals surface area contributed by atoms with Crippen molar-refractivity contribution in [3.8, 4) is 5.75 Å².